The molecule has 0 unspecified atom stereocenters. The van der Waals surface area contributed by atoms with E-state index in [-0.39, 0.29) is 18.3 Å². The first kappa shape index (κ1) is 12.3. The van der Waals surface area contributed by atoms with Gasteiger partial charge in [-0.3, -0.25) is 4.79 Å². The molecular formula is C7H12ClN3OS. The molecule has 6 heteroatoms. The van der Waals surface area contributed by atoms with Crippen LogP contribution in [0.3, 0.4) is 0 Å². The third-order valence-corrected chi connectivity index (χ3v) is 2.64. The predicted molar refractivity (Wildman–Crippen MR) is 55.1 cm³/mol. The van der Waals surface area contributed by atoms with Crippen LogP contribution >= 0.6 is 24.2 Å². The summed E-state index contributed by atoms with van der Waals surface area (Å²) in [6.45, 7) is 1.91. The maximum atomic E-state index is 10.5. The van der Waals surface area contributed by atoms with Gasteiger partial charge in [0.15, 0.2) is 0 Å². The Balaban J connectivity index is 0.00000144. The van der Waals surface area contributed by atoms with Crippen molar-refractivity contribution in [3.05, 3.63) is 12.0 Å². The Labute approximate surface area is 87.3 Å². The first-order valence-corrected chi connectivity index (χ1v) is 4.49. The molecule has 1 aromatic rings. The van der Waals surface area contributed by atoms with Crippen LogP contribution in [0.15, 0.2) is 11.2 Å². The smallest absolute Gasteiger partial charge is 0.227 e. The lowest BCUT2D eigenvalue weighted by molar-refractivity contribution is -0.115. The summed E-state index contributed by atoms with van der Waals surface area (Å²) in [6, 6.07) is 0. The third kappa shape index (κ3) is 3.28. The van der Waals surface area contributed by atoms with Gasteiger partial charge in [-0.2, -0.15) is 0 Å². The molecule has 1 aromatic heterocycles. The first-order valence-electron chi connectivity index (χ1n) is 3.50. The van der Waals surface area contributed by atoms with Crippen molar-refractivity contribution >= 4 is 30.1 Å². The topological polar surface area (TPSA) is 60.9 Å². The molecule has 0 saturated heterocycles. The van der Waals surface area contributed by atoms with Gasteiger partial charge in [-0.25, -0.2) is 4.98 Å². The van der Waals surface area contributed by atoms with Gasteiger partial charge in [0.25, 0.3) is 0 Å². The molecule has 0 aromatic carbocycles. The summed E-state index contributed by atoms with van der Waals surface area (Å²) in [5.41, 5.74) is 5.01. The molecule has 2 N–H and O–H groups in total. The van der Waals surface area contributed by atoms with Gasteiger partial charge >= 0.3 is 0 Å². The van der Waals surface area contributed by atoms with E-state index in [2.05, 4.69) is 4.98 Å². The standard InChI is InChI=1S/C7H11N3OS.ClH/c1-5-9-3-7(10(5)2)12-4-6(8)11;/h3H,4H2,1-2H3,(H2,8,11);1H. The predicted octanol–water partition coefficient (Wildman–Crippen LogP) is 0.728. The van der Waals surface area contributed by atoms with Crippen molar-refractivity contribution in [1.29, 1.82) is 0 Å². The van der Waals surface area contributed by atoms with E-state index in [0.717, 1.165) is 10.9 Å². The molecule has 74 valence electrons. The number of nitrogens with zero attached hydrogens (tertiary/aromatic N) is 2. The van der Waals surface area contributed by atoms with Gasteiger partial charge in [0, 0.05) is 7.05 Å². The largest absolute Gasteiger partial charge is 0.369 e. The van der Waals surface area contributed by atoms with Gasteiger partial charge in [0.05, 0.1) is 17.0 Å². The van der Waals surface area contributed by atoms with Crippen molar-refractivity contribution in [2.45, 2.75) is 11.9 Å². The van der Waals surface area contributed by atoms with Gasteiger partial charge in [0.2, 0.25) is 5.91 Å². The van der Waals surface area contributed by atoms with E-state index < -0.39 is 0 Å². The Kier molecular flexibility index (Phi) is 4.87. The zero-order valence-electron chi connectivity index (χ0n) is 7.48. The summed E-state index contributed by atoms with van der Waals surface area (Å²) in [6.07, 6.45) is 1.74. The first-order chi connectivity index (χ1) is 5.61. The number of rotatable bonds is 3. The molecule has 0 fully saturated rings. The average Bonchev–Trinajstić information content (AvgIpc) is 2.30. The molecule has 1 heterocycles. The van der Waals surface area contributed by atoms with Gasteiger partial charge < -0.3 is 10.3 Å². The van der Waals surface area contributed by atoms with Gasteiger partial charge in [-0.1, -0.05) is 11.8 Å². The zero-order chi connectivity index (χ0) is 9.14. The van der Waals surface area contributed by atoms with Crippen LogP contribution in [-0.4, -0.2) is 21.2 Å². The van der Waals surface area contributed by atoms with Crippen LogP contribution in [0.4, 0.5) is 0 Å². The molecule has 0 radical (unpaired) electrons. The fourth-order valence-electron chi connectivity index (χ4n) is 0.760. The van der Waals surface area contributed by atoms with E-state index in [0.29, 0.717) is 5.75 Å². The number of amides is 1. The van der Waals surface area contributed by atoms with Crippen LogP contribution in [0.1, 0.15) is 5.82 Å². The van der Waals surface area contributed by atoms with Crippen molar-refractivity contribution in [2.75, 3.05) is 5.75 Å². The molecule has 4 nitrogen and oxygen atoms in total. The summed E-state index contributed by atoms with van der Waals surface area (Å²) in [7, 11) is 1.91. The minimum absolute atomic E-state index is 0. The van der Waals surface area contributed by atoms with E-state index in [1.807, 2.05) is 18.5 Å². The van der Waals surface area contributed by atoms with Crippen LogP contribution in [0.5, 0.6) is 0 Å². The second-order valence-corrected chi connectivity index (χ2v) is 3.45. The van der Waals surface area contributed by atoms with Crippen molar-refractivity contribution in [3.63, 3.8) is 0 Å². The van der Waals surface area contributed by atoms with Gasteiger partial charge in [0.1, 0.15) is 5.82 Å². The molecule has 0 atom stereocenters. The quantitative estimate of drug-likeness (QED) is 0.766. The molecule has 13 heavy (non-hydrogen) atoms. The van der Waals surface area contributed by atoms with Crippen LogP contribution in [0.2, 0.25) is 0 Å². The molecule has 0 bridgehead atoms. The molecule has 0 aliphatic rings. The number of thioether (sulfide) groups is 1. The number of hydrogen-bond donors (Lipinski definition) is 1. The van der Waals surface area contributed by atoms with Gasteiger partial charge in [-0.15, -0.1) is 12.4 Å². The van der Waals surface area contributed by atoms with Crippen molar-refractivity contribution in [1.82, 2.24) is 9.55 Å². The van der Waals surface area contributed by atoms with Crippen LogP contribution in [0.25, 0.3) is 0 Å². The Bertz CT molecular complexity index is 300. The SMILES string of the molecule is Cc1ncc(SCC(N)=O)n1C.Cl. The normalized spacial score (nSPS) is 9.38. The summed E-state index contributed by atoms with van der Waals surface area (Å²) >= 11 is 1.40. The van der Waals surface area contributed by atoms with E-state index >= 15 is 0 Å². The van der Waals surface area contributed by atoms with Gasteiger partial charge in [-0.05, 0) is 6.92 Å². The summed E-state index contributed by atoms with van der Waals surface area (Å²) < 4.78 is 1.92. The number of carbonyl (C=O) groups excluding carboxylic acids is 1. The van der Waals surface area contributed by atoms with Crippen LogP contribution < -0.4 is 5.73 Å². The Hall–Kier alpha value is -0.680. The molecule has 1 rings (SSSR count). The van der Waals surface area contributed by atoms with Crippen molar-refractivity contribution in [3.8, 4) is 0 Å². The minimum atomic E-state index is -0.307. The third-order valence-electron chi connectivity index (χ3n) is 1.54. The molecule has 0 saturated carbocycles. The fourth-order valence-corrected chi connectivity index (χ4v) is 1.50. The molecule has 0 aliphatic heterocycles. The number of halogens is 1. The van der Waals surface area contributed by atoms with E-state index in [9.17, 15) is 4.79 Å². The Morgan fingerprint density at radius 2 is 2.38 bits per heavy atom. The number of aromatic nitrogens is 2. The summed E-state index contributed by atoms with van der Waals surface area (Å²) in [4.78, 5) is 14.5. The number of carbonyl (C=O) groups is 1. The molecule has 0 spiro atoms. The maximum absolute atomic E-state index is 10.5. The molecular weight excluding hydrogens is 210 g/mol. The average molecular weight is 222 g/mol. The van der Waals surface area contributed by atoms with Crippen LogP contribution in [-0.2, 0) is 11.8 Å². The number of nitrogens with two attached hydrogens (primary N) is 1. The van der Waals surface area contributed by atoms with Crippen LogP contribution in [0, 0.1) is 6.92 Å². The summed E-state index contributed by atoms with van der Waals surface area (Å²) in [5, 5.41) is 0.964. The lowest BCUT2D eigenvalue weighted by Crippen LogP contribution is -2.13. The van der Waals surface area contributed by atoms with E-state index in [1.165, 1.54) is 11.8 Å². The van der Waals surface area contributed by atoms with Crippen molar-refractivity contribution < 1.29 is 4.79 Å². The number of hydrogen-bond acceptors (Lipinski definition) is 3. The van der Waals surface area contributed by atoms with E-state index in [1.54, 1.807) is 6.20 Å². The second kappa shape index (κ2) is 5.14. The highest BCUT2D eigenvalue weighted by Gasteiger charge is 2.03. The minimum Gasteiger partial charge on any atom is -0.369 e. The number of primary amides is 1. The maximum Gasteiger partial charge on any atom is 0.227 e. The second-order valence-electron chi connectivity index (χ2n) is 2.46. The highest BCUT2D eigenvalue weighted by molar-refractivity contribution is 7.99. The number of aryl methyl sites for hydroxylation is 1. The lowest BCUT2D eigenvalue weighted by Gasteiger charge is -2.00. The Morgan fingerprint density at radius 3 is 2.77 bits per heavy atom. The number of imidazole rings is 1. The molecule has 0 aliphatic carbocycles. The summed E-state index contributed by atoms with van der Waals surface area (Å²) in [5.74, 6) is 0.930. The fraction of sp³-hybridized carbons (Fsp3) is 0.429. The van der Waals surface area contributed by atoms with E-state index in [4.69, 9.17) is 5.73 Å². The highest BCUT2D eigenvalue weighted by Crippen LogP contribution is 2.16. The monoisotopic (exact) mass is 221 g/mol. The Morgan fingerprint density at radius 1 is 1.77 bits per heavy atom. The van der Waals surface area contributed by atoms with Crippen molar-refractivity contribution in [2.24, 2.45) is 12.8 Å². The lowest BCUT2D eigenvalue weighted by atomic mass is 10.7. The zero-order valence-corrected chi connectivity index (χ0v) is 9.11. The molecule has 1 amide bonds. The highest BCUT2D eigenvalue weighted by atomic mass is 35.5.